The lowest BCUT2D eigenvalue weighted by Gasteiger charge is -2.15. The average molecular weight is 284 g/mol. The minimum atomic E-state index is -0.983. The molecule has 1 aromatic carbocycles. The zero-order chi connectivity index (χ0) is 15.1. The maximum absolute atomic E-state index is 10.8. The van der Waals surface area contributed by atoms with Crippen LogP contribution in [0.5, 0.6) is 17.2 Å². The van der Waals surface area contributed by atoms with Crippen molar-refractivity contribution in [2.75, 3.05) is 21.0 Å². The van der Waals surface area contributed by atoms with Crippen LogP contribution < -0.4 is 14.2 Å². The van der Waals surface area contributed by atoms with E-state index >= 15 is 0 Å². The van der Waals surface area contributed by atoms with E-state index in [4.69, 9.17) is 19.3 Å². The van der Waals surface area contributed by atoms with E-state index in [1.807, 2.05) is 0 Å². The molecule has 0 amide bonds. The fourth-order valence-electron chi connectivity index (χ4n) is 1.54. The minimum Gasteiger partial charge on any atom is -0.493 e. The van der Waals surface area contributed by atoms with Gasteiger partial charge in [-0.2, -0.15) is 0 Å². The summed E-state index contributed by atoms with van der Waals surface area (Å²) in [6, 6.07) is 3.05. The first-order valence-corrected chi connectivity index (χ1v) is 5.70. The topological polar surface area (TPSA) is 91.3 Å². The van der Waals surface area contributed by atoms with Gasteiger partial charge in [0.1, 0.15) is 0 Å². The van der Waals surface area contributed by atoms with Gasteiger partial charge in [-0.25, -0.2) is 0 Å². The third kappa shape index (κ3) is 4.34. The van der Waals surface area contributed by atoms with Crippen LogP contribution in [-0.4, -0.2) is 38.1 Å². The highest BCUT2D eigenvalue weighted by Crippen LogP contribution is 2.38. The molecule has 0 unspecified atom stereocenters. The molecule has 7 nitrogen and oxygen atoms in total. The number of methoxy groups -OCH3 is 2. The van der Waals surface area contributed by atoms with Gasteiger partial charge in [0.25, 0.3) is 0 Å². The molecule has 1 aromatic rings. The summed E-state index contributed by atoms with van der Waals surface area (Å²) in [4.78, 5) is 21.4. The summed E-state index contributed by atoms with van der Waals surface area (Å²) >= 11 is 0. The Bertz CT molecular complexity index is 496. The number of carboxylic acids is 1. The van der Waals surface area contributed by atoms with Crippen LogP contribution in [0, 0.1) is 0 Å². The number of hydrogen-bond donors (Lipinski definition) is 1. The summed E-state index contributed by atoms with van der Waals surface area (Å²) < 4.78 is 20.2. The standard InChI is InChI=1S/C13H16O7/c1-8(14)19-7-20-11-5-9(6-12(15)16)4-10(17-2)13(11)18-3/h4-5H,6-7H2,1-3H3,(H,15,16). The number of carboxylic acid groups (broad SMARTS) is 1. The lowest BCUT2D eigenvalue weighted by Crippen LogP contribution is -2.09. The molecule has 0 aliphatic heterocycles. The van der Waals surface area contributed by atoms with E-state index in [1.165, 1.54) is 27.2 Å². The maximum atomic E-state index is 10.8. The van der Waals surface area contributed by atoms with Gasteiger partial charge in [-0.15, -0.1) is 0 Å². The van der Waals surface area contributed by atoms with E-state index in [1.54, 1.807) is 6.07 Å². The van der Waals surface area contributed by atoms with Gasteiger partial charge in [-0.05, 0) is 17.7 Å². The Morgan fingerprint density at radius 1 is 1.15 bits per heavy atom. The smallest absolute Gasteiger partial charge is 0.307 e. The monoisotopic (exact) mass is 284 g/mol. The number of hydrogen-bond acceptors (Lipinski definition) is 6. The summed E-state index contributed by atoms with van der Waals surface area (Å²) in [7, 11) is 2.85. The highest BCUT2D eigenvalue weighted by Gasteiger charge is 2.15. The van der Waals surface area contributed by atoms with Crippen LogP contribution in [0.25, 0.3) is 0 Å². The number of rotatable bonds is 7. The van der Waals surface area contributed by atoms with Crippen molar-refractivity contribution in [2.45, 2.75) is 13.3 Å². The number of ether oxygens (including phenoxy) is 4. The van der Waals surface area contributed by atoms with Crippen molar-refractivity contribution in [3.05, 3.63) is 17.7 Å². The van der Waals surface area contributed by atoms with E-state index in [0.29, 0.717) is 17.1 Å². The maximum Gasteiger partial charge on any atom is 0.307 e. The molecule has 0 aliphatic carbocycles. The number of aliphatic carboxylic acids is 1. The molecule has 0 bridgehead atoms. The first-order valence-electron chi connectivity index (χ1n) is 5.70. The van der Waals surface area contributed by atoms with Crippen molar-refractivity contribution >= 4 is 11.9 Å². The molecule has 0 aromatic heterocycles. The molecule has 1 rings (SSSR count). The first-order chi connectivity index (χ1) is 9.47. The Morgan fingerprint density at radius 3 is 2.30 bits per heavy atom. The van der Waals surface area contributed by atoms with Crippen molar-refractivity contribution in [3.63, 3.8) is 0 Å². The lowest BCUT2D eigenvalue weighted by atomic mass is 10.1. The van der Waals surface area contributed by atoms with Gasteiger partial charge >= 0.3 is 11.9 Å². The van der Waals surface area contributed by atoms with Gasteiger partial charge in [0.2, 0.25) is 12.5 Å². The van der Waals surface area contributed by atoms with Crippen LogP contribution in [0.3, 0.4) is 0 Å². The molecule has 0 saturated carbocycles. The first kappa shape index (κ1) is 15.6. The molecule has 0 heterocycles. The van der Waals surface area contributed by atoms with Crippen molar-refractivity contribution in [2.24, 2.45) is 0 Å². The van der Waals surface area contributed by atoms with Crippen LogP contribution in [0.1, 0.15) is 12.5 Å². The molecular weight excluding hydrogens is 268 g/mol. The van der Waals surface area contributed by atoms with Crippen LogP contribution in [-0.2, 0) is 20.7 Å². The van der Waals surface area contributed by atoms with E-state index < -0.39 is 11.9 Å². The van der Waals surface area contributed by atoms with E-state index in [-0.39, 0.29) is 19.0 Å². The number of carbonyl (C=O) groups is 2. The van der Waals surface area contributed by atoms with Crippen molar-refractivity contribution in [1.82, 2.24) is 0 Å². The highest BCUT2D eigenvalue weighted by molar-refractivity contribution is 5.71. The van der Waals surface area contributed by atoms with Gasteiger partial charge in [-0.3, -0.25) is 9.59 Å². The van der Waals surface area contributed by atoms with Crippen LogP contribution in [0.4, 0.5) is 0 Å². The summed E-state index contributed by atoms with van der Waals surface area (Å²) in [5, 5.41) is 8.81. The lowest BCUT2D eigenvalue weighted by molar-refractivity contribution is -0.147. The van der Waals surface area contributed by atoms with Crippen LogP contribution >= 0.6 is 0 Å². The van der Waals surface area contributed by atoms with Gasteiger partial charge < -0.3 is 24.1 Å². The normalized spacial score (nSPS) is 9.75. The number of benzene rings is 1. The Balaban J connectivity index is 3.03. The van der Waals surface area contributed by atoms with Crippen LogP contribution in [0.15, 0.2) is 12.1 Å². The molecule has 7 heteroatoms. The number of carbonyl (C=O) groups excluding carboxylic acids is 1. The summed E-state index contributed by atoms with van der Waals surface area (Å²) in [6.07, 6.45) is -0.190. The Kier molecular flexibility index (Phi) is 5.64. The average Bonchev–Trinajstić information content (AvgIpc) is 2.36. The molecule has 0 aliphatic rings. The van der Waals surface area contributed by atoms with Gasteiger partial charge in [0.15, 0.2) is 11.5 Å². The quantitative estimate of drug-likeness (QED) is 0.594. The van der Waals surface area contributed by atoms with Crippen LogP contribution in [0.2, 0.25) is 0 Å². The zero-order valence-electron chi connectivity index (χ0n) is 11.5. The molecule has 110 valence electrons. The second-order valence-electron chi connectivity index (χ2n) is 3.80. The Hall–Kier alpha value is -2.44. The van der Waals surface area contributed by atoms with Crippen molar-refractivity contribution in [3.8, 4) is 17.2 Å². The van der Waals surface area contributed by atoms with Crippen molar-refractivity contribution in [1.29, 1.82) is 0 Å². The summed E-state index contributed by atoms with van der Waals surface area (Å²) in [5.74, 6) is -0.594. The third-order valence-corrected chi connectivity index (χ3v) is 2.34. The minimum absolute atomic E-state index is 0.190. The molecular formula is C13H16O7. The Labute approximate surface area is 116 Å². The molecule has 0 atom stereocenters. The SMILES string of the molecule is COc1cc(CC(=O)O)cc(OCOC(C)=O)c1OC. The van der Waals surface area contributed by atoms with E-state index in [0.717, 1.165) is 0 Å². The predicted molar refractivity (Wildman–Crippen MR) is 68.1 cm³/mol. The number of esters is 1. The summed E-state index contributed by atoms with van der Waals surface area (Å²) in [6.45, 7) is 0.952. The zero-order valence-corrected chi connectivity index (χ0v) is 11.5. The Morgan fingerprint density at radius 2 is 1.80 bits per heavy atom. The molecule has 1 N–H and O–H groups in total. The molecule has 20 heavy (non-hydrogen) atoms. The van der Waals surface area contributed by atoms with E-state index in [9.17, 15) is 9.59 Å². The molecule has 0 saturated heterocycles. The van der Waals surface area contributed by atoms with Crippen molar-refractivity contribution < 1.29 is 33.6 Å². The van der Waals surface area contributed by atoms with Gasteiger partial charge in [0.05, 0.1) is 20.6 Å². The fraction of sp³-hybridized carbons (Fsp3) is 0.385. The van der Waals surface area contributed by atoms with Gasteiger partial charge in [0, 0.05) is 6.92 Å². The highest BCUT2D eigenvalue weighted by atomic mass is 16.7. The molecule has 0 spiro atoms. The largest absolute Gasteiger partial charge is 0.493 e. The third-order valence-electron chi connectivity index (χ3n) is 2.34. The second-order valence-corrected chi connectivity index (χ2v) is 3.80. The molecule has 0 fully saturated rings. The van der Waals surface area contributed by atoms with Gasteiger partial charge in [-0.1, -0.05) is 0 Å². The predicted octanol–water partition coefficient (Wildman–Crippen LogP) is 1.23. The van der Waals surface area contributed by atoms with E-state index in [2.05, 4.69) is 4.74 Å². The fourth-order valence-corrected chi connectivity index (χ4v) is 1.54. The molecule has 0 radical (unpaired) electrons. The summed E-state index contributed by atoms with van der Waals surface area (Å²) in [5.41, 5.74) is 0.480. The second kappa shape index (κ2) is 7.22.